The molecule has 218 valence electrons. The number of benzene rings is 3. The van der Waals surface area contributed by atoms with Gasteiger partial charge in [-0.1, -0.05) is 43.3 Å². The number of para-hydroxylation sites is 1. The maximum atomic E-state index is 13.4. The van der Waals surface area contributed by atoms with Crippen molar-refractivity contribution in [3.63, 3.8) is 0 Å². The summed E-state index contributed by atoms with van der Waals surface area (Å²) in [4.78, 5) is 27.8. The number of anilines is 2. The van der Waals surface area contributed by atoms with E-state index in [0.29, 0.717) is 22.7 Å². The Morgan fingerprint density at radius 3 is 2.34 bits per heavy atom. The average Bonchev–Trinajstić information content (AvgIpc) is 3.01. The van der Waals surface area contributed by atoms with Gasteiger partial charge >= 0.3 is 6.03 Å². The summed E-state index contributed by atoms with van der Waals surface area (Å²) in [5.74, 6) is -0.0601. The maximum Gasteiger partial charge on any atom is 0.323 e. The molecule has 0 saturated heterocycles. The van der Waals surface area contributed by atoms with Crippen LogP contribution >= 0.6 is 0 Å². The van der Waals surface area contributed by atoms with Crippen LogP contribution in [0.1, 0.15) is 19.4 Å². The van der Waals surface area contributed by atoms with Crippen LogP contribution in [0.3, 0.4) is 0 Å². The Balaban J connectivity index is 1.62. The number of likely N-dealkylation sites (N-methyl/N-ethyl adjacent to an activating group) is 1. The first-order chi connectivity index (χ1) is 19.6. The largest absolute Gasteiger partial charge is 0.488 e. The quantitative estimate of drug-likeness (QED) is 0.372. The molecule has 1 aliphatic heterocycles. The number of carbonyl (C=O) groups excluding carboxylic acids is 2. The average molecular weight is 581 g/mol. The third-order valence-electron chi connectivity index (χ3n) is 7.09. The Bertz CT molecular complexity index is 1450. The fraction of sp³-hybridized carbons (Fsp3) is 0.333. The minimum Gasteiger partial charge on any atom is -0.488 e. The van der Waals surface area contributed by atoms with E-state index in [1.54, 1.807) is 72.5 Å². The molecule has 1 heterocycles. The van der Waals surface area contributed by atoms with Gasteiger partial charge in [-0.3, -0.25) is 4.79 Å². The van der Waals surface area contributed by atoms with Gasteiger partial charge in [0.25, 0.3) is 0 Å². The van der Waals surface area contributed by atoms with E-state index in [4.69, 9.17) is 4.74 Å². The van der Waals surface area contributed by atoms with Gasteiger partial charge in [-0.25, -0.2) is 13.2 Å². The van der Waals surface area contributed by atoms with Crippen molar-refractivity contribution in [2.75, 3.05) is 37.4 Å². The number of hydrogen-bond donors (Lipinski definition) is 3. The first kappa shape index (κ1) is 30.0. The van der Waals surface area contributed by atoms with Crippen molar-refractivity contribution in [1.82, 2.24) is 9.21 Å². The molecular formula is C30H36N4O6S. The highest BCUT2D eigenvalue weighted by Gasteiger charge is 2.33. The van der Waals surface area contributed by atoms with Crippen molar-refractivity contribution in [3.05, 3.63) is 84.4 Å². The Hall–Kier alpha value is -3.93. The zero-order valence-corrected chi connectivity index (χ0v) is 24.2. The van der Waals surface area contributed by atoms with Crippen LogP contribution in [0.4, 0.5) is 16.2 Å². The van der Waals surface area contributed by atoms with Crippen LogP contribution in [0.2, 0.25) is 0 Å². The van der Waals surface area contributed by atoms with E-state index >= 15 is 0 Å². The van der Waals surface area contributed by atoms with Crippen molar-refractivity contribution < 1.29 is 27.9 Å². The third kappa shape index (κ3) is 7.43. The van der Waals surface area contributed by atoms with E-state index in [0.717, 1.165) is 0 Å². The Morgan fingerprint density at radius 2 is 1.68 bits per heavy atom. The first-order valence-electron chi connectivity index (χ1n) is 13.4. The summed E-state index contributed by atoms with van der Waals surface area (Å²) >= 11 is 0. The molecule has 0 fully saturated rings. The van der Waals surface area contributed by atoms with Gasteiger partial charge in [-0.2, -0.15) is 4.31 Å². The molecule has 0 spiro atoms. The summed E-state index contributed by atoms with van der Waals surface area (Å²) in [7, 11) is -2.28. The van der Waals surface area contributed by atoms with Gasteiger partial charge in [0.15, 0.2) is 0 Å². The van der Waals surface area contributed by atoms with E-state index in [2.05, 4.69) is 10.6 Å². The second-order valence-electron chi connectivity index (χ2n) is 10.3. The maximum absolute atomic E-state index is 13.4. The second-order valence-corrected chi connectivity index (χ2v) is 12.3. The van der Waals surface area contributed by atoms with Crippen LogP contribution in [0.25, 0.3) is 0 Å². The van der Waals surface area contributed by atoms with Crippen molar-refractivity contribution in [2.24, 2.45) is 5.92 Å². The van der Waals surface area contributed by atoms with E-state index in [-0.39, 0.29) is 42.8 Å². The molecular weight excluding hydrogens is 544 g/mol. The Morgan fingerprint density at radius 1 is 1.05 bits per heavy atom. The predicted molar refractivity (Wildman–Crippen MR) is 157 cm³/mol. The zero-order chi connectivity index (χ0) is 29.6. The molecule has 0 bridgehead atoms. The van der Waals surface area contributed by atoms with Crippen LogP contribution in [0, 0.1) is 5.92 Å². The van der Waals surface area contributed by atoms with Crippen molar-refractivity contribution in [1.29, 1.82) is 0 Å². The molecule has 3 aromatic rings. The molecule has 41 heavy (non-hydrogen) atoms. The molecule has 0 unspecified atom stereocenters. The minimum atomic E-state index is -3.78. The molecule has 3 aromatic carbocycles. The van der Waals surface area contributed by atoms with Crippen LogP contribution in [0.5, 0.6) is 5.75 Å². The lowest BCUT2D eigenvalue weighted by Gasteiger charge is -2.33. The fourth-order valence-electron chi connectivity index (χ4n) is 4.66. The number of ether oxygens (including phenoxy) is 1. The monoisotopic (exact) mass is 580 g/mol. The number of carbonyl (C=O) groups is 2. The molecule has 4 rings (SSSR count). The summed E-state index contributed by atoms with van der Waals surface area (Å²) in [5.41, 5.74) is 1.63. The molecule has 0 aromatic heterocycles. The summed E-state index contributed by atoms with van der Waals surface area (Å²) < 4.78 is 34.2. The fourth-order valence-corrected chi connectivity index (χ4v) is 5.87. The van der Waals surface area contributed by atoms with Crippen molar-refractivity contribution in [3.8, 4) is 5.75 Å². The van der Waals surface area contributed by atoms with E-state index in [1.807, 2.05) is 25.1 Å². The molecule has 3 atom stereocenters. The summed E-state index contributed by atoms with van der Waals surface area (Å²) in [6, 6.07) is 21.3. The highest BCUT2D eigenvalue weighted by molar-refractivity contribution is 7.89. The smallest absolute Gasteiger partial charge is 0.323 e. The summed E-state index contributed by atoms with van der Waals surface area (Å²) in [6.07, 6.45) is -0.635. The number of aliphatic hydroxyl groups excluding tert-OH is 1. The van der Waals surface area contributed by atoms with Crippen molar-refractivity contribution in [2.45, 2.75) is 37.3 Å². The number of aliphatic hydroxyl groups is 1. The van der Waals surface area contributed by atoms with Gasteiger partial charge in [-0.05, 0) is 49.4 Å². The lowest BCUT2D eigenvalue weighted by molar-refractivity contribution is -0.134. The van der Waals surface area contributed by atoms with E-state index in [1.165, 1.54) is 11.4 Å². The van der Waals surface area contributed by atoms with Gasteiger partial charge in [-0.15, -0.1) is 0 Å². The van der Waals surface area contributed by atoms with Gasteiger partial charge < -0.3 is 25.4 Å². The van der Waals surface area contributed by atoms with Gasteiger partial charge in [0.1, 0.15) is 11.9 Å². The molecule has 0 saturated carbocycles. The van der Waals surface area contributed by atoms with Gasteiger partial charge in [0.05, 0.1) is 30.5 Å². The molecule has 0 aliphatic carbocycles. The first-order valence-corrected chi connectivity index (χ1v) is 14.9. The standard InChI is InChI=1S/C30H36N4O6S/c1-21-18-34(22(2)20-35)29(36)17-23-16-25(32-30(37)31-24-10-6-4-7-11-24)14-15-27(23)40-28(21)19-33(3)41(38,39)26-12-8-5-9-13-26/h4-16,21-22,28,35H,17-20H2,1-3H3,(H2,31,32,37)/t21-,22-,28-/m1/s1. The van der Waals surface area contributed by atoms with Gasteiger partial charge in [0.2, 0.25) is 15.9 Å². The number of fused-ring (bicyclic) bond motifs is 1. The minimum absolute atomic E-state index is 0.0207. The lowest BCUT2D eigenvalue weighted by Crippen LogP contribution is -2.48. The number of amides is 3. The zero-order valence-electron chi connectivity index (χ0n) is 23.4. The second kappa shape index (κ2) is 13.2. The molecule has 1 aliphatic rings. The SMILES string of the molecule is C[C@@H]1CN([C@H](C)CO)C(=O)Cc2cc(NC(=O)Nc3ccccc3)ccc2O[C@@H]1CN(C)S(=O)(=O)c1ccccc1. The van der Waals surface area contributed by atoms with E-state index < -0.39 is 28.2 Å². The number of sulfonamides is 1. The topological polar surface area (TPSA) is 128 Å². The molecule has 11 heteroatoms. The van der Waals surface area contributed by atoms with Crippen molar-refractivity contribution >= 4 is 33.3 Å². The molecule has 10 nitrogen and oxygen atoms in total. The predicted octanol–water partition coefficient (Wildman–Crippen LogP) is 3.80. The summed E-state index contributed by atoms with van der Waals surface area (Å²) in [5, 5.41) is 15.4. The lowest BCUT2D eigenvalue weighted by atomic mass is 10.0. The third-order valence-corrected chi connectivity index (χ3v) is 8.93. The Kier molecular flexibility index (Phi) is 9.64. The summed E-state index contributed by atoms with van der Waals surface area (Å²) in [6.45, 7) is 3.74. The van der Waals surface area contributed by atoms with Crippen LogP contribution in [0.15, 0.2) is 83.8 Å². The highest BCUT2D eigenvalue weighted by Crippen LogP contribution is 2.30. The number of nitrogens with zero attached hydrogens (tertiary/aromatic N) is 2. The normalized spacial score (nSPS) is 18.4. The molecule has 3 amide bonds. The van der Waals surface area contributed by atoms with E-state index in [9.17, 15) is 23.1 Å². The highest BCUT2D eigenvalue weighted by atomic mass is 32.2. The van der Waals surface area contributed by atoms with Crippen LogP contribution in [-0.2, 0) is 21.2 Å². The number of urea groups is 1. The molecule has 0 radical (unpaired) electrons. The molecule has 3 N–H and O–H groups in total. The number of rotatable bonds is 8. The number of hydrogen-bond acceptors (Lipinski definition) is 6. The van der Waals surface area contributed by atoms with Gasteiger partial charge in [0, 0.05) is 36.4 Å². The van der Waals surface area contributed by atoms with Crippen LogP contribution in [-0.4, -0.2) is 73.6 Å². The van der Waals surface area contributed by atoms with Crippen LogP contribution < -0.4 is 15.4 Å². The number of nitrogens with one attached hydrogen (secondary N) is 2. The Labute approximate surface area is 241 Å².